The fourth-order valence-corrected chi connectivity index (χ4v) is 2.58. The van der Waals surface area contributed by atoms with E-state index in [1.807, 2.05) is 28.8 Å². The lowest BCUT2D eigenvalue weighted by Gasteiger charge is -2.05. The van der Waals surface area contributed by atoms with Gasteiger partial charge in [0, 0.05) is 34.2 Å². The van der Waals surface area contributed by atoms with Crippen LogP contribution in [0.4, 0.5) is 0 Å². The number of aliphatic carboxylic acids is 1. The molecule has 0 unspecified atom stereocenters. The Morgan fingerprint density at radius 3 is 2.41 bits per heavy atom. The number of carbonyl (C=O) groups excluding carboxylic acids is 2. The number of halogens is 1. The summed E-state index contributed by atoms with van der Waals surface area (Å²) in [6.45, 7) is 0.512. The Morgan fingerprint density at radius 2 is 1.73 bits per heavy atom. The van der Waals surface area contributed by atoms with Crippen LogP contribution in [0.5, 0.6) is 0 Å². The standard InChI is InChI=1S/C17H12ClNO3/c18-12-7-5-11(6-8-12)9-19-10-14(16(20)17(21)22)13-3-1-2-4-15(13)19/h1-8,10H,9H2,(H,21,22)/p-1. The SMILES string of the molecule is O=C([O-])C(=O)c1cn(Cc2ccc(Cl)cc2)c2ccccc12. The van der Waals surface area contributed by atoms with Crippen LogP contribution in [-0.4, -0.2) is 16.3 Å². The van der Waals surface area contributed by atoms with Crippen LogP contribution < -0.4 is 5.11 Å². The lowest BCUT2D eigenvalue weighted by atomic mass is 10.1. The number of nitrogens with zero attached hydrogens (tertiary/aromatic N) is 1. The van der Waals surface area contributed by atoms with Crippen LogP contribution in [0.25, 0.3) is 10.9 Å². The summed E-state index contributed by atoms with van der Waals surface area (Å²) in [7, 11) is 0. The summed E-state index contributed by atoms with van der Waals surface area (Å²) in [6.07, 6.45) is 1.55. The van der Waals surface area contributed by atoms with Gasteiger partial charge in [-0.2, -0.15) is 0 Å². The van der Waals surface area contributed by atoms with Gasteiger partial charge in [-0.1, -0.05) is 41.9 Å². The van der Waals surface area contributed by atoms with Crippen molar-refractivity contribution in [2.75, 3.05) is 0 Å². The highest BCUT2D eigenvalue weighted by Crippen LogP contribution is 2.23. The van der Waals surface area contributed by atoms with Crippen molar-refractivity contribution < 1.29 is 14.7 Å². The summed E-state index contributed by atoms with van der Waals surface area (Å²) in [5.74, 6) is -2.71. The molecule has 1 aromatic heterocycles. The van der Waals surface area contributed by atoms with E-state index in [-0.39, 0.29) is 5.56 Å². The molecule has 0 saturated heterocycles. The van der Waals surface area contributed by atoms with Gasteiger partial charge in [-0.15, -0.1) is 0 Å². The van der Waals surface area contributed by atoms with Crippen LogP contribution in [0.3, 0.4) is 0 Å². The number of Topliss-reactive ketones (excluding diaryl/α,β-unsaturated/α-hetero) is 1. The van der Waals surface area contributed by atoms with Gasteiger partial charge in [-0.25, -0.2) is 0 Å². The first-order chi connectivity index (χ1) is 10.6. The van der Waals surface area contributed by atoms with Crippen LogP contribution >= 0.6 is 11.6 Å². The van der Waals surface area contributed by atoms with Crippen molar-refractivity contribution in [1.29, 1.82) is 0 Å². The maximum atomic E-state index is 11.8. The molecule has 0 aliphatic rings. The molecule has 3 rings (SSSR count). The zero-order chi connectivity index (χ0) is 15.7. The number of aromatic nitrogens is 1. The second-order valence-corrected chi connectivity index (χ2v) is 5.37. The fraction of sp³-hybridized carbons (Fsp3) is 0.0588. The van der Waals surface area contributed by atoms with Gasteiger partial charge in [0.25, 0.3) is 0 Å². The van der Waals surface area contributed by atoms with E-state index < -0.39 is 11.8 Å². The first kappa shape index (κ1) is 14.4. The van der Waals surface area contributed by atoms with Crippen LogP contribution in [0, 0.1) is 0 Å². The van der Waals surface area contributed by atoms with Crippen molar-refractivity contribution in [3.05, 3.63) is 70.9 Å². The Bertz CT molecular complexity index is 865. The number of carboxylic acids is 1. The first-order valence-electron chi connectivity index (χ1n) is 6.64. The van der Waals surface area contributed by atoms with E-state index in [0.717, 1.165) is 11.1 Å². The monoisotopic (exact) mass is 312 g/mol. The third-order valence-corrected chi connectivity index (χ3v) is 3.74. The van der Waals surface area contributed by atoms with E-state index in [1.165, 1.54) is 0 Å². The number of ketones is 1. The van der Waals surface area contributed by atoms with Crippen molar-refractivity contribution in [3.8, 4) is 0 Å². The van der Waals surface area contributed by atoms with Gasteiger partial charge >= 0.3 is 0 Å². The second-order valence-electron chi connectivity index (χ2n) is 4.93. The predicted octanol–water partition coefficient (Wildman–Crippen LogP) is 2.28. The van der Waals surface area contributed by atoms with Crippen LogP contribution in [0.1, 0.15) is 15.9 Å². The Hall–Kier alpha value is -2.59. The van der Waals surface area contributed by atoms with Gasteiger partial charge < -0.3 is 14.5 Å². The van der Waals surface area contributed by atoms with Gasteiger partial charge in [0.1, 0.15) is 5.97 Å². The Labute approximate surface area is 131 Å². The van der Waals surface area contributed by atoms with Gasteiger partial charge in [0.15, 0.2) is 0 Å². The number of para-hydroxylation sites is 1. The molecule has 0 amide bonds. The average molecular weight is 313 g/mol. The molecule has 0 spiro atoms. The smallest absolute Gasteiger partial charge is 0.210 e. The summed E-state index contributed by atoms with van der Waals surface area (Å²) in [5.41, 5.74) is 1.93. The molecular formula is C17H11ClNO3-. The highest BCUT2D eigenvalue weighted by Gasteiger charge is 2.15. The topological polar surface area (TPSA) is 62.1 Å². The van der Waals surface area contributed by atoms with E-state index in [9.17, 15) is 14.7 Å². The molecule has 2 aromatic carbocycles. The maximum absolute atomic E-state index is 11.8. The van der Waals surface area contributed by atoms with Crippen LogP contribution in [-0.2, 0) is 11.3 Å². The summed E-state index contributed by atoms with van der Waals surface area (Å²) in [5, 5.41) is 12.1. The predicted molar refractivity (Wildman–Crippen MR) is 81.8 cm³/mol. The second kappa shape index (κ2) is 5.66. The quantitative estimate of drug-likeness (QED) is 0.548. The molecule has 0 radical (unpaired) electrons. The zero-order valence-electron chi connectivity index (χ0n) is 11.5. The average Bonchev–Trinajstić information content (AvgIpc) is 2.88. The van der Waals surface area contributed by atoms with E-state index in [1.54, 1.807) is 30.5 Å². The van der Waals surface area contributed by atoms with Crippen molar-refractivity contribution in [1.82, 2.24) is 4.57 Å². The number of hydrogen-bond donors (Lipinski definition) is 0. The fourth-order valence-electron chi connectivity index (χ4n) is 2.45. The number of hydrogen-bond acceptors (Lipinski definition) is 3. The molecule has 0 atom stereocenters. The highest BCUT2D eigenvalue weighted by molar-refractivity contribution is 6.41. The van der Waals surface area contributed by atoms with Gasteiger partial charge in [-0.05, 0) is 23.8 Å². The van der Waals surface area contributed by atoms with Crippen molar-refractivity contribution >= 4 is 34.3 Å². The first-order valence-corrected chi connectivity index (χ1v) is 7.02. The molecule has 0 aliphatic heterocycles. The Kier molecular flexibility index (Phi) is 3.69. The minimum atomic E-state index is -1.70. The molecule has 0 saturated carbocycles. The van der Waals surface area contributed by atoms with Crippen LogP contribution in [0.15, 0.2) is 54.7 Å². The third kappa shape index (κ3) is 2.61. The van der Waals surface area contributed by atoms with E-state index in [2.05, 4.69) is 0 Å². The molecule has 5 heteroatoms. The lowest BCUT2D eigenvalue weighted by Crippen LogP contribution is -2.31. The molecule has 0 fully saturated rings. The zero-order valence-corrected chi connectivity index (χ0v) is 12.2. The minimum Gasteiger partial charge on any atom is -0.541 e. The summed E-state index contributed by atoms with van der Waals surface area (Å²) < 4.78 is 1.84. The number of fused-ring (bicyclic) bond motifs is 1. The minimum absolute atomic E-state index is 0.143. The van der Waals surface area contributed by atoms with Crippen molar-refractivity contribution in [2.45, 2.75) is 6.54 Å². The normalized spacial score (nSPS) is 10.8. The van der Waals surface area contributed by atoms with Gasteiger partial charge in [0.05, 0.1) is 0 Å². The number of rotatable bonds is 4. The van der Waals surface area contributed by atoms with Crippen molar-refractivity contribution in [2.24, 2.45) is 0 Å². The van der Waals surface area contributed by atoms with Gasteiger partial charge in [0.2, 0.25) is 5.78 Å². The largest absolute Gasteiger partial charge is 0.541 e. The molecule has 22 heavy (non-hydrogen) atoms. The van der Waals surface area contributed by atoms with E-state index in [4.69, 9.17) is 11.6 Å². The molecule has 0 bridgehead atoms. The number of benzene rings is 2. The maximum Gasteiger partial charge on any atom is 0.210 e. The Morgan fingerprint density at radius 1 is 1.05 bits per heavy atom. The molecule has 1 heterocycles. The summed E-state index contributed by atoms with van der Waals surface area (Å²) >= 11 is 5.87. The molecule has 3 aromatic rings. The number of carbonyl (C=O) groups is 2. The molecule has 0 aliphatic carbocycles. The van der Waals surface area contributed by atoms with Crippen molar-refractivity contribution in [3.63, 3.8) is 0 Å². The van der Waals surface area contributed by atoms with E-state index >= 15 is 0 Å². The lowest BCUT2D eigenvalue weighted by molar-refractivity contribution is -0.296. The third-order valence-electron chi connectivity index (χ3n) is 3.48. The molecular weight excluding hydrogens is 302 g/mol. The van der Waals surface area contributed by atoms with Crippen LogP contribution in [0.2, 0.25) is 5.02 Å². The highest BCUT2D eigenvalue weighted by atomic mass is 35.5. The Balaban J connectivity index is 2.08. The molecule has 0 N–H and O–H groups in total. The molecule has 4 nitrogen and oxygen atoms in total. The summed E-state index contributed by atoms with van der Waals surface area (Å²) in [6, 6.07) is 14.5. The summed E-state index contributed by atoms with van der Waals surface area (Å²) in [4.78, 5) is 22.6. The van der Waals surface area contributed by atoms with Gasteiger partial charge in [-0.3, -0.25) is 4.79 Å². The molecule has 110 valence electrons. The number of carboxylic acid groups (broad SMARTS) is 1. The van der Waals surface area contributed by atoms with E-state index in [0.29, 0.717) is 17.0 Å².